The molecule has 0 N–H and O–H groups in total. The summed E-state index contributed by atoms with van der Waals surface area (Å²) in [4.78, 5) is 15.2. The number of carbonyl (C=O) groups is 1. The molecule has 7 rings (SSSR count). The average Bonchev–Trinajstić information content (AvgIpc) is 3.72. The van der Waals surface area contributed by atoms with Gasteiger partial charge in [-0.15, -0.1) is 0 Å². The summed E-state index contributed by atoms with van der Waals surface area (Å²) < 4.78 is 3.88. The third kappa shape index (κ3) is 3.31. The third-order valence-electron chi connectivity index (χ3n) is 7.29. The van der Waals surface area contributed by atoms with Gasteiger partial charge in [-0.2, -0.15) is 20.4 Å². The molecule has 0 radical (unpaired) electrons. The van der Waals surface area contributed by atoms with Crippen molar-refractivity contribution < 1.29 is 4.79 Å². The molecule has 4 bridgehead atoms. The van der Waals surface area contributed by atoms with Crippen LogP contribution in [0.5, 0.6) is 0 Å². The second-order valence-electron chi connectivity index (χ2n) is 9.90. The number of fused-ring (bicyclic) bond motifs is 6. The minimum absolute atomic E-state index is 0.211. The molecule has 0 saturated heterocycles. The van der Waals surface area contributed by atoms with Gasteiger partial charge in [0, 0.05) is 67.5 Å². The fourth-order valence-electron chi connectivity index (χ4n) is 5.28. The molecule has 0 atom stereocenters. The van der Waals surface area contributed by atoms with Crippen LogP contribution >= 0.6 is 0 Å². The minimum atomic E-state index is 0.211. The quantitative estimate of drug-likeness (QED) is 0.610. The number of hydrogen-bond donors (Lipinski definition) is 0. The molecule has 2 saturated carbocycles. The lowest BCUT2D eigenvalue weighted by atomic mass is 9.99. The second-order valence-corrected chi connectivity index (χ2v) is 9.90. The summed E-state index contributed by atoms with van der Waals surface area (Å²) in [6, 6.07) is 2.50. The molecule has 4 aliphatic rings. The summed E-state index contributed by atoms with van der Waals surface area (Å²) in [6.07, 6.45) is 13.2. The van der Waals surface area contributed by atoms with Gasteiger partial charge in [-0.3, -0.25) is 14.2 Å². The molecule has 0 unspecified atom stereocenters. The van der Waals surface area contributed by atoms with E-state index in [1.54, 1.807) is 0 Å². The first kappa shape index (κ1) is 19.2. The highest BCUT2D eigenvalue weighted by molar-refractivity contribution is 5.86. The van der Waals surface area contributed by atoms with Crippen LogP contribution in [0.1, 0.15) is 72.7 Å². The summed E-state index contributed by atoms with van der Waals surface area (Å²) in [7, 11) is 1.93. The van der Waals surface area contributed by atoms with E-state index in [1.165, 1.54) is 29.7 Å². The van der Waals surface area contributed by atoms with E-state index in [0.717, 1.165) is 60.4 Å². The van der Waals surface area contributed by atoms with Crippen LogP contribution < -0.4 is 0 Å². The smallest absolute Gasteiger partial charge is 0.223 e. The van der Waals surface area contributed by atoms with E-state index in [9.17, 15) is 4.79 Å². The Morgan fingerprint density at radius 3 is 2.67 bits per heavy atom. The van der Waals surface area contributed by atoms with Crippen LogP contribution in [0, 0.1) is 0 Å². The number of rotatable bonds is 2. The van der Waals surface area contributed by atoms with Crippen molar-refractivity contribution in [2.24, 2.45) is 7.05 Å². The Morgan fingerprint density at radius 2 is 1.85 bits per heavy atom. The zero-order valence-electron chi connectivity index (χ0n) is 18.9. The van der Waals surface area contributed by atoms with Gasteiger partial charge in [-0.05, 0) is 43.7 Å². The van der Waals surface area contributed by atoms with E-state index in [2.05, 4.69) is 33.2 Å². The molecule has 1 aliphatic heterocycles. The second kappa shape index (κ2) is 7.10. The summed E-state index contributed by atoms with van der Waals surface area (Å²) in [5.41, 5.74) is 8.51. The summed E-state index contributed by atoms with van der Waals surface area (Å²) >= 11 is 0. The number of amides is 1. The average molecular weight is 442 g/mol. The van der Waals surface area contributed by atoms with Crippen LogP contribution in [-0.2, 0) is 31.4 Å². The van der Waals surface area contributed by atoms with Crippen molar-refractivity contribution in [3.63, 3.8) is 0 Å². The molecule has 168 valence electrons. The van der Waals surface area contributed by atoms with Crippen molar-refractivity contribution in [2.45, 2.75) is 70.0 Å². The van der Waals surface area contributed by atoms with E-state index in [4.69, 9.17) is 10.2 Å². The zero-order chi connectivity index (χ0) is 22.1. The highest BCUT2D eigenvalue weighted by Crippen LogP contribution is 2.45. The van der Waals surface area contributed by atoms with Crippen LogP contribution in [0.2, 0.25) is 0 Å². The van der Waals surface area contributed by atoms with E-state index >= 15 is 0 Å². The molecule has 3 aliphatic carbocycles. The van der Waals surface area contributed by atoms with Gasteiger partial charge in [0.2, 0.25) is 5.91 Å². The van der Waals surface area contributed by atoms with Crippen molar-refractivity contribution in [3.8, 4) is 11.3 Å². The third-order valence-corrected chi connectivity index (χ3v) is 7.29. The molecule has 33 heavy (non-hydrogen) atoms. The van der Waals surface area contributed by atoms with Gasteiger partial charge in [0.1, 0.15) is 0 Å². The van der Waals surface area contributed by atoms with E-state index in [-0.39, 0.29) is 5.91 Å². The Bertz CT molecular complexity index is 1310. The predicted octanol–water partition coefficient (Wildman–Crippen LogP) is 3.22. The molecule has 8 heteroatoms. The molecule has 0 spiro atoms. The fraction of sp³-hybridized carbons (Fsp3) is 0.480. The molecular weight excluding hydrogens is 414 g/mol. The minimum Gasteiger partial charge on any atom is -0.334 e. The Hall–Kier alpha value is -3.29. The van der Waals surface area contributed by atoms with Gasteiger partial charge in [0.15, 0.2) is 0 Å². The van der Waals surface area contributed by atoms with Crippen molar-refractivity contribution in [3.05, 3.63) is 52.7 Å². The topological polar surface area (TPSA) is 81.7 Å². The normalized spacial score (nSPS) is 20.3. The van der Waals surface area contributed by atoms with Crippen LogP contribution in [0.4, 0.5) is 0 Å². The number of hydrogen-bond acceptors (Lipinski definition) is 5. The highest BCUT2D eigenvalue weighted by Gasteiger charge is 2.35. The standard InChI is InChI=1S/C25H27N7O/c1-30-12-20-22-11-18-17(8-9-21(18)26-27-22)19-13-31(29-25(19)15-4-5-15)10-2-3-24(33)32(16-6-7-16)14-23(20)28-30/h8,11-13,15-16H,2-7,9-10,14H2,1H3. The first-order valence-electron chi connectivity index (χ1n) is 12.1. The first-order chi connectivity index (χ1) is 16.1. The maximum atomic E-state index is 13.2. The molecule has 0 aromatic carbocycles. The molecule has 4 heterocycles. The Balaban J connectivity index is 1.38. The van der Waals surface area contributed by atoms with E-state index in [1.807, 2.05) is 22.8 Å². The van der Waals surface area contributed by atoms with Gasteiger partial charge in [0.25, 0.3) is 0 Å². The molecule has 3 aromatic rings. The number of nitrogens with zero attached hydrogens (tertiary/aromatic N) is 7. The molecule has 8 nitrogen and oxygen atoms in total. The number of aryl methyl sites for hydroxylation is 2. The molecule has 2 fully saturated rings. The molecular formula is C25H27N7O. The van der Waals surface area contributed by atoms with Gasteiger partial charge in [-0.1, -0.05) is 6.08 Å². The van der Waals surface area contributed by atoms with E-state index < -0.39 is 0 Å². The monoisotopic (exact) mass is 441 g/mol. The van der Waals surface area contributed by atoms with Gasteiger partial charge in [-0.25, -0.2) is 0 Å². The summed E-state index contributed by atoms with van der Waals surface area (Å²) in [5, 5.41) is 18.9. The van der Waals surface area contributed by atoms with Gasteiger partial charge >= 0.3 is 0 Å². The Kier molecular flexibility index (Phi) is 4.13. The maximum Gasteiger partial charge on any atom is 0.223 e. The Labute approximate surface area is 192 Å². The number of carbonyl (C=O) groups excluding carboxylic acids is 1. The van der Waals surface area contributed by atoms with Crippen molar-refractivity contribution in [1.82, 2.24) is 34.7 Å². The van der Waals surface area contributed by atoms with Gasteiger partial charge < -0.3 is 4.90 Å². The molecule has 3 aromatic heterocycles. The number of aromatic nitrogens is 6. The highest BCUT2D eigenvalue weighted by atomic mass is 16.2. The van der Waals surface area contributed by atoms with Crippen molar-refractivity contribution in [1.29, 1.82) is 0 Å². The lowest BCUT2D eigenvalue weighted by Crippen LogP contribution is -2.33. The summed E-state index contributed by atoms with van der Waals surface area (Å²) in [5.74, 6) is 0.763. The number of allylic oxidation sites excluding steroid dienone is 1. The largest absolute Gasteiger partial charge is 0.334 e. The van der Waals surface area contributed by atoms with Crippen LogP contribution in [0.15, 0.2) is 24.5 Å². The lowest BCUT2D eigenvalue weighted by Gasteiger charge is -2.22. The Morgan fingerprint density at radius 1 is 0.970 bits per heavy atom. The summed E-state index contributed by atoms with van der Waals surface area (Å²) in [6.45, 7) is 1.29. The first-order valence-corrected chi connectivity index (χ1v) is 12.1. The van der Waals surface area contributed by atoms with E-state index in [0.29, 0.717) is 24.9 Å². The zero-order valence-corrected chi connectivity index (χ0v) is 18.9. The van der Waals surface area contributed by atoms with Crippen LogP contribution in [0.25, 0.3) is 16.8 Å². The van der Waals surface area contributed by atoms with Gasteiger partial charge in [0.05, 0.1) is 29.3 Å². The maximum absolute atomic E-state index is 13.2. The molecule has 1 amide bonds. The van der Waals surface area contributed by atoms with Crippen LogP contribution in [0.3, 0.4) is 0 Å². The van der Waals surface area contributed by atoms with Crippen molar-refractivity contribution >= 4 is 11.5 Å². The predicted molar refractivity (Wildman–Crippen MR) is 122 cm³/mol. The lowest BCUT2D eigenvalue weighted by molar-refractivity contribution is -0.132. The van der Waals surface area contributed by atoms with Crippen molar-refractivity contribution in [2.75, 3.05) is 0 Å². The van der Waals surface area contributed by atoms with Crippen LogP contribution in [-0.4, -0.2) is 46.6 Å². The fourth-order valence-corrected chi connectivity index (χ4v) is 5.28. The SMILES string of the molecule is Cn1cc2c(n1)CN(C1CC1)C(=O)CCCn1cc(c(C3CC3)n1)C1=CCc3nnc-2cc31.